The first-order valence-electron chi connectivity index (χ1n) is 38.8. The van der Waals surface area contributed by atoms with E-state index < -0.39 is 0 Å². The minimum Gasteiger partial charge on any atom is -0.437 e. The van der Waals surface area contributed by atoms with Crippen molar-refractivity contribution in [3.63, 3.8) is 0 Å². The van der Waals surface area contributed by atoms with Crippen LogP contribution >= 0.6 is 0 Å². The molecule has 12 heteroatoms. The van der Waals surface area contributed by atoms with E-state index in [4.69, 9.17) is 37.6 Å². The van der Waals surface area contributed by atoms with Crippen LogP contribution in [0.2, 0.25) is 0 Å². The SMILES string of the molecule is CCc1cc[n+](C)c(-c2c(C)ccc3c2oc2nc4ccccc4cc23)c1.Cc1cc[n+](C)c(-c2c(C)ccc3c2oc2nc4ccccc4cc23)c1.Cc1ccc2c(oc3nc4ccccc4cc32)c1-c1cc(C(C)C)cc[n+]1C.Cc1ccc2c(oc3nc4ccccc4cc32)c1-c1cc(C2CCCC2)cc[n+]1C. The van der Waals surface area contributed by atoms with Crippen molar-refractivity contribution in [2.45, 2.75) is 99.3 Å². The molecule has 0 N–H and O–H groups in total. The molecule has 544 valence electrons. The first-order chi connectivity index (χ1) is 54.0. The van der Waals surface area contributed by atoms with Crippen molar-refractivity contribution >= 4 is 132 Å². The Morgan fingerprint density at radius 2 is 0.667 bits per heavy atom. The largest absolute Gasteiger partial charge is 0.437 e. The van der Waals surface area contributed by atoms with Gasteiger partial charge in [-0.1, -0.05) is 155 Å². The third-order valence-electron chi connectivity index (χ3n) is 23.0. The molecule has 1 saturated carbocycles. The lowest BCUT2D eigenvalue weighted by Crippen LogP contribution is -2.31. The summed E-state index contributed by atoms with van der Waals surface area (Å²) in [7, 11) is 8.37. The van der Waals surface area contributed by atoms with Gasteiger partial charge in [0.25, 0.3) is 0 Å². The highest BCUT2D eigenvalue weighted by Gasteiger charge is 2.29. The first-order valence-corrected chi connectivity index (χ1v) is 38.8. The second kappa shape index (κ2) is 28.3. The quantitative estimate of drug-likeness (QED) is 0.145. The molecule has 0 atom stereocenters. The zero-order valence-corrected chi connectivity index (χ0v) is 65.0. The molecule has 0 saturated heterocycles. The molecule has 12 aromatic heterocycles. The van der Waals surface area contributed by atoms with Crippen LogP contribution in [0.25, 0.3) is 177 Å². The molecule has 111 heavy (non-hydrogen) atoms. The van der Waals surface area contributed by atoms with Gasteiger partial charge in [-0.2, -0.15) is 0 Å². The van der Waals surface area contributed by atoms with Crippen LogP contribution in [0.1, 0.15) is 103 Å². The Kier molecular flexibility index (Phi) is 17.8. The summed E-state index contributed by atoms with van der Waals surface area (Å²) in [5, 5.41) is 13.3. The fourth-order valence-corrected chi connectivity index (χ4v) is 16.7. The summed E-state index contributed by atoms with van der Waals surface area (Å²) in [6.45, 7) is 17.3. The highest BCUT2D eigenvalue weighted by atomic mass is 16.4. The fraction of sp³-hybridized carbons (Fsp3) is 0.192. The van der Waals surface area contributed by atoms with Crippen LogP contribution in [0.5, 0.6) is 0 Å². The average Bonchev–Trinajstić information content (AvgIpc) is 1.62. The van der Waals surface area contributed by atoms with E-state index in [0.29, 0.717) is 34.7 Å². The maximum Gasteiger partial charge on any atom is 0.227 e. The molecule has 0 spiro atoms. The number of pyridine rings is 8. The first kappa shape index (κ1) is 69.9. The van der Waals surface area contributed by atoms with Gasteiger partial charge in [0.05, 0.1) is 44.3 Å². The second-order valence-corrected chi connectivity index (χ2v) is 30.7. The topological polar surface area (TPSA) is 120 Å². The molecular weight excluding hydrogens is 1370 g/mol. The van der Waals surface area contributed by atoms with Crippen LogP contribution in [0, 0.1) is 34.6 Å². The Bertz CT molecular complexity index is 7130. The van der Waals surface area contributed by atoms with E-state index >= 15 is 0 Å². The number of nitrogens with zero attached hydrogens (tertiary/aromatic N) is 8. The Morgan fingerprint density at radius 1 is 0.342 bits per heavy atom. The van der Waals surface area contributed by atoms with Crippen LogP contribution < -0.4 is 18.3 Å². The van der Waals surface area contributed by atoms with E-state index in [0.717, 1.165) is 144 Å². The fourth-order valence-electron chi connectivity index (χ4n) is 16.7. The van der Waals surface area contributed by atoms with Crippen LogP contribution in [0.3, 0.4) is 0 Å². The summed E-state index contributed by atoms with van der Waals surface area (Å²) in [4.78, 5) is 19.1. The summed E-state index contributed by atoms with van der Waals surface area (Å²) in [5.41, 5.74) is 29.8. The number of furan rings is 4. The van der Waals surface area contributed by atoms with Crippen LogP contribution in [-0.2, 0) is 34.6 Å². The molecule has 12 nitrogen and oxygen atoms in total. The molecule has 0 unspecified atom stereocenters. The van der Waals surface area contributed by atoms with Crippen molar-refractivity contribution in [3.8, 4) is 45.0 Å². The maximum atomic E-state index is 6.42. The van der Waals surface area contributed by atoms with E-state index in [9.17, 15) is 0 Å². The molecule has 0 aliphatic heterocycles. The van der Waals surface area contributed by atoms with E-state index in [1.807, 2.05) is 66.7 Å². The van der Waals surface area contributed by atoms with Crippen LogP contribution in [0.4, 0.5) is 0 Å². The molecule has 0 bridgehead atoms. The molecule has 20 aromatic rings. The second-order valence-electron chi connectivity index (χ2n) is 30.7. The minimum atomic E-state index is 0.474. The van der Waals surface area contributed by atoms with E-state index in [1.54, 1.807) is 0 Å². The van der Waals surface area contributed by atoms with Gasteiger partial charge in [-0.05, 0) is 159 Å². The monoisotopic (exact) mass is 1450 g/mol. The molecular formula is C99H88N8O4+4. The Morgan fingerprint density at radius 3 is 1.04 bits per heavy atom. The molecule has 1 aliphatic rings. The summed E-state index contributed by atoms with van der Waals surface area (Å²) in [6.07, 6.45) is 14.9. The smallest absolute Gasteiger partial charge is 0.227 e. The third kappa shape index (κ3) is 12.6. The summed E-state index contributed by atoms with van der Waals surface area (Å²) in [5.74, 6) is 1.16. The van der Waals surface area contributed by atoms with Gasteiger partial charge in [-0.3, -0.25) is 0 Å². The van der Waals surface area contributed by atoms with E-state index in [2.05, 4.69) is 278 Å². The molecule has 1 fully saturated rings. The predicted molar refractivity (Wildman–Crippen MR) is 451 cm³/mol. The number of hydrogen-bond acceptors (Lipinski definition) is 8. The highest BCUT2D eigenvalue weighted by Crippen LogP contribution is 2.44. The molecule has 8 aromatic carbocycles. The van der Waals surface area contributed by atoms with Crippen molar-refractivity contribution in [3.05, 3.63) is 288 Å². The molecule has 21 rings (SSSR count). The number of benzene rings is 8. The minimum absolute atomic E-state index is 0.474. The predicted octanol–water partition coefficient (Wildman–Crippen LogP) is 23.4. The lowest BCUT2D eigenvalue weighted by Gasteiger charge is -2.11. The summed E-state index contributed by atoms with van der Waals surface area (Å²) in [6, 6.07) is 76.8. The number of aromatic nitrogens is 8. The number of hydrogen-bond donors (Lipinski definition) is 0. The normalized spacial score (nSPS) is 12.6. The van der Waals surface area contributed by atoms with Gasteiger partial charge in [0.2, 0.25) is 45.6 Å². The van der Waals surface area contributed by atoms with Gasteiger partial charge in [-0.15, -0.1) is 0 Å². The van der Waals surface area contributed by atoms with Crippen molar-refractivity contribution in [1.82, 2.24) is 19.9 Å². The molecule has 0 amide bonds. The molecule has 1 aliphatic carbocycles. The number of para-hydroxylation sites is 4. The number of rotatable bonds is 7. The number of aryl methyl sites for hydroxylation is 10. The Hall–Kier alpha value is -12.8. The van der Waals surface area contributed by atoms with Gasteiger partial charge < -0.3 is 17.7 Å². The van der Waals surface area contributed by atoms with Crippen molar-refractivity contribution in [2.24, 2.45) is 28.2 Å². The summed E-state index contributed by atoms with van der Waals surface area (Å²) >= 11 is 0. The zero-order valence-electron chi connectivity index (χ0n) is 65.0. The standard InChI is InChI=1S/C27H25N2O.C25H23N2O.C24H21N2O.C23H19N2O/c1-17-11-12-21-22-15-20-9-5-6-10-23(20)28-27(22)30-26(21)25(17)24-16-19(13-14-29(24)2)18-7-3-4-8-18;1-15(2)17-11-12-27(4)22(14-17)23-16(3)9-10-19-20-13-18-7-5-6-8-21(18)26-25(20)28-24(19)23;1-4-16-11-12-26(3)21(13-16)22-15(2)9-10-18-19-14-17-7-5-6-8-20(17)25-24(19)27-23(18)22;1-14-10-11-25(3)20(12-14)21-15(2)8-9-17-18-13-16-6-4-5-7-19(16)24-23(18)26-22(17)21/h5-6,9-16,18H,3-4,7-8H2,1-2H3;5-15H,1-4H3;5-14H,4H2,1-3H3;4-13H,1-3H3/q4*+1. The highest BCUT2D eigenvalue weighted by molar-refractivity contribution is 6.15. The lowest BCUT2D eigenvalue weighted by atomic mass is 9.94. The van der Waals surface area contributed by atoms with Gasteiger partial charge in [0.15, 0.2) is 47.1 Å². The average molecular weight is 1450 g/mol. The van der Waals surface area contributed by atoms with Gasteiger partial charge >= 0.3 is 0 Å². The Labute approximate surface area is 644 Å². The number of fused-ring (bicyclic) bond motifs is 16. The molecule has 0 radical (unpaired) electrons. The Balaban J connectivity index is 0.000000104. The van der Waals surface area contributed by atoms with Crippen molar-refractivity contribution in [2.75, 3.05) is 0 Å². The van der Waals surface area contributed by atoms with Gasteiger partial charge in [0, 0.05) is 113 Å². The van der Waals surface area contributed by atoms with E-state index in [-0.39, 0.29) is 0 Å². The van der Waals surface area contributed by atoms with Gasteiger partial charge in [-0.25, -0.2) is 38.2 Å². The van der Waals surface area contributed by atoms with Crippen molar-refractivity contribution in [1.29, 1.82) is 0 Å². The van der Waals surface area contributed by atoms with Crippen molar-refractivity contribution < 1.29 is 35.9 Å². The molecule has 12 heterocycles. The van der Waals surface area contributed by atoms with Crippen LogP contribution in [0.15, 0.2) is 261 Å². The third-order valence-corrected chi connectivity index (χ3v) is 23.0. The summed E-state index contributed by atoms with van der Waals surface area (Å²) < 4.78 is 34.1. The van der Waals surface area contributed by atoms with Gasteiger partial charge in [0.1, 0.15) is 28.2 Å². The lowest BCUT2D eigenvalue weighted by molar-refractivity contribution is -0.660. The zero-order chi connectivity index (χ0) is 76.0. The maximum absolute atomic E-state index is 6.42. The van der Waals surface area contributed by atoms with Crippen LogP contribution in [-0.4, -0.2) is 19.9 Å². The van der Waals surface area contributed by atoms with E-state index in [1.165, 1.54) is 87.1 Å².